The largest absolute Gasteiger partial charge is 0.303 e. The Hall–Kier alpha value is -0.0400. The van der Waals surface area contributed by atoms with Gasteiger partial charge in [-0.3, -0.25) is 0 Å². The zero-order valence-corrected chi connectivity index (χ0v) is 12.2. The van der Waals surface area contributed by atoms with Crippen LogP contribution in [0.1, 0.15) is 77.6 Å². The highest BCUT2D eigenvalue weighted by Gasteiger charge is 2.06. The Balaban J connectivity index is 3.33. The summed E-state index contributed by atoms with van der Waals surface area (Å²) in [6.45, 7) is 2.23. The maximum Gasteiger partial charge on any atom is 0.123 e. The first kappa shape index (κ1) is 17.0. The molecule has 0 heterocycles. The Morgan fingerprint density at radius 2 is 1.41 bits per heavy atom. The van der Waals surface area contributed by atoms with E-state index in [-0.39, 0.29) is 0 Å². The molecule has 0 aromatic rings. The molecule has 0 spiro atoms. The van der Waals surface area contributed by atoms with Gasteiger partial charge >= 0.3 is 0 Å². The molecular formula is C15H29ClO. The lowest BCUT2D eigenvalue weighted by molar-refractivity contribution is -0.111. The highest BCUT2D eigenvalue weighted by molar-refractivity contribution is 6.17. The number of aldehydes is 1. The van der Waals surface area contributed by atoms with E-state index in [2.05, 4.69) is 6.92 Å². The van der Waals surface area contributed by atoms with Crippen molar-refractivity contribution in [1.29, 1.82) is 0 Å². The smallest absolute Gasteiger partial charge is 0.123 e. The third-order valence-electron chi connectivity index (χ3n) is 3.33. The molecule has 0 N–H and O–H groups in total. The van der Waals surface area contributed by atoms with Crippen LogP contribution in [0.4, 0.5) is 0 Å². The molecule has 0 radical (unpaired) electrons. The number of rotatable bonds is 13. The summed E-state index contributed by atoms with van der Waals surface area (Å²) in [4.78, 5) is 10.9. The Labute approximate surface area is 112 Å². The van der Waals surface area contributed by atoms with Crippen molar-refractivity contribution in [2.45, 2.75) is 77.6 Å². The van der Waals surface area contributed by atoms with Gasteiger partial charge in [-0.15, -0.1) is 11.6 Å². The van der Waals surface area contributed by atoms with Crippen molar-refractivity contribution in [3.05, 3.63) is 0 Å². The topological polar surface area (TPSA) is 17.1 Å². The minimum absolute atomic E-state index is 0.313. The minimum atomic E-state index is 0.313. The predicted molar refractivity (Wildman–Crippen MR) is 76.7 cm³/mol. The molecule has 1 unspecified atom stereocenters. The molecule has 1 atom stereocenters. The van der Waals surface area contributed by atoms with Gasteiger partial charge in [0.15, 0.2) is 0 Å². The Kier molecular flexibility index (Phi) is 14.0. The first-order chi connectivity index (χ1) is 8.35. The van der Waals surface area contributed by atoms with Crippen molar-refractivity contribution < 1.29 is 4.79 Å². The summed E-state index contributed by atoms with van der Waals surface area (Å²) >= 11 is 5.62. The molecule has 0 amide bonds. The second kappa shape index (κ2) is 14.0. The van der Waals surface area contributed by atoms with Gasteiger partial charge < -0.3 is 4.79 Å². The molecule has 0 aliphatic heterocycles. The summed E-state index contributed by atoms with van der Waals surface area (Å²) in [5.74, 6) is 1.08. The van der Waals surface area contributed by atoms with E-state index in [1.54, 1.807) is 0 Å². The van der Waals surface area contributed by atoms with Crippen molar-refractivity contribution in [2.75, 3.05) is 5.88 Å². The lowest BCUT2D eigenvalue weighted by Crippen LogP contribution is -2.02. The molecule has 102 valence electrons. The van der Waals surface area contributed by atoms with Crippen LogP contribution in [0.15, 0.2) is 0 Å². The van der Waals surface area contributed by atoms with E-state index < -0.39 is 0 Å². The molecule has 0 aliphatic carbocycles. The van der Waals surface area contributed by atoms with E-state index in [1.165, 1.54) is 57.7 Å². The molecular weight excluding hydrogens is 232 g/mol. The average molecular weight is 261 g/mol. The fourth-order valence-electron chi connectivity index (χ4n) is 2.15. The molecule has 0 aliphatic rings. The predicted octanol–water partition coefficient (Wildman–Crippen LogP) is 5.35. The summed E-state index contributed by atoms with van der Waals surface area (Å²) in [5.41, 5.74) is 0. The Bertz CT molecular complexity index is 145. The van der Waals surface area contributed by atoms with E-state index in [9.17, 15) is 4.79 Å². The molecule has 17 heavy (non-hydrogen) atoms. The number of hydrogen-bond donors (Lipinski definition) is 0. The lowest BCUT2D eigenvalue weighted by Gasteiger charge is -2.09. The summed E-state index contributed by atoms with van der Waals surface area (Å²) in [6.07, 6.45) is 14.6. The molecule has 0 rings (SSSR count). The quantitative estimate of drug-likeness (QED) is 0.248. The number of carbonyl (C=O) groups is 1. The molecule has 1 nitrogen and oxygen atoms in total. The van der Waals surface area contributed by atoms with Gasteiger partial charge in [0.1, 0.15) is 6.29 Å². The van der Waals surface area contributed by atoms with Gasteiger partial charge in [0, 0.05) is 11.8 Å². The van der Waals surface area contributed by atoms with Gasteiger partial charge in [-0.05, 0) is 19.3 Å². The number of carbonyl (C=O) groups excluding carboxylic acids is 1. The van der Waals surface area contributed by atoms with Crippen molar-refractivity contribution in [3.8, 4) is 0 Å². The van der Waals surface area contributed by atoms with Crippen LogP contribution in [0.2, 0.25) is 0 Å². The summed E-state index contributed by atoms with van der Waals surface area (Å²) in [7, 11) is 0. The number of hydrogen-bond acceptors (Lipinski definition) is 1. The monoisotopic (exact) mass is 260 g/mol. The normalized spacial score (nSPS) is 12.6. The molecule has 0 fully saturated rings. The number of unbranched alkanes of at least 4 members (excludes halogenated alkanes) is 7. The minimum Gasteiger partial charge on any atom is -0.303 e. The van der Waals surface area contributed by atoms with E-state index in [0.29, 0.717) is 5.92 Å². The molecule has 0 bridgehead atoms. The second-order valence-electron chi connectivity index (χ2n) is 4.99. The Morgan fingerprint density at radius 1 is 0.882 bits per heavy atom. The van der Waals surface area contributed by atoms with Gasteiger partial charge in [-0.1, -0.05) is 58.3 Å². The fourth-order valence-corrected chi connectivity index (χ4v) is 2.33. The van der Waals surface area contributed by atoms with Crippen LogP contribution in [0.25, 0.3) is 0 Å². The standard InChI is InChI=1S/C15H29ClO/c1-2-3-4-5-8-11-15(14-17)12-9-6-7-10-13-16/h14-15H,2-13H2,1H3. The molecule has 0 saturated carbocycles. The Morgan fingerprint density at radius 3 is 1.88 bits per heavy atom. The van der Waals surface area contributed by atoms with Crippen molar-refractivity contribution in [2.24, 2.45) is 5.92 Å². The van der Waals surface area contributed by atoms with Crippen LogP contribution in [-0.4, -0.2) is 12.2 Å². The van der Waals surface area contributed by atoms with Crippen LogP contribution >= 0.6 is 11.6 Å². The molecule has 0 aromatic carbocycles. The van der Waals surface area contributed by atoms with Crippen LogP contribution in [0, 0.1) is 5.92 Å². The van der Waals surface area contributed by atoms with Crippen molar-refractivity contribution in [1.82, 2.24) is 0 Å². The van der Waals surface area contributed by atoms with E-state index >= 15 is 0 Å². The van der Waals surface area contributed by atoms with Gasteiger partial charge in [0.2, 0.25) is 0 Å². The maximum atomic E-state index is 10.9. The highest BCUT2D eigenvalue weighted by Crippen LogP contribution is 2.16. The summed E-state index contributed by atoms with van der Waals surface area (Å²) < 4.78 is 0. The third kappa shape index (κ3) is 12.2. The summed E-state index contributed by atoms with van der Waals surface area (Å²) in [6, 6.07) is 0. The van der Waals surface area contributed by atoms with Gasteiger partial charge in [-0.2, -0.15) is 0 Å². The SMILES string of the molecule is CCCCCCCC(C=O)CCCCCCCl. The van der Waals surface area contributed by atoms with Crippen LogP contribution in [0.5, 0.6) is 0 Å². The lowest BCUT2D eigenvalue weighted by atomic mass is 9.96. The van der Waals surface area contributed by atoms with Gasteiger partial charge in [-0.25, -0.2) is 0 Å². The molecule has 0 aromatic heterocycles. The average Bonchev–Trinajstić information content (AvgIpc) is 2.36. The number of halogens is 1. The van der Waals surface area contributed by atoms with Crippen LogP contribution in [0.3, 0.4) is 0 Å². The van der Waals surface area contributed by atoms with Gasteiger partial charge in [0.05, 0.1) is 0 Å². The summed E-state index contributed by atoms with van der Waals surface area (Å²) in [5, 5.41) is 0. The van der Waals surface area contributed by atoms with Crippen molar-refractivity contribution >= 4 is 17.9 Å². The highest BCUT2D eigenvalue weighted by atomic mass is 35.5. The third-order valence-corrected chi connectivity index (χ3v) is 3.60. The maximum absolute atomic E-state index is 10.9. The van der Waals surface area contributed by atoms with Gasteiger partial charge in [0.25, 0.3) is 0 Å². The van der Waals surface area contributed by atoms with Crippen LogP contribution in [-0.2, 0) is 4.79 Å². The molecule has 0 saturated heterocycles. The zero-order chi connectivity index (χ0) is 12.8. The van der Waals surface area contributed by atoms with E-state index in [0.717, 1.165) is 25.1 Å². The second-order valence-corrected chi connectivity index (χ2v) is 5.37. The first-order valence-electron chi connectivity index (χ1n) is 7.36. The number of alkyl halides is 1. The van der Waals surface area contributed by atoms with E-state index in [4.69, 9.17) is 11.6 Å². The fraction of sp³-hybridized carbons (Fsp3) is 0.933. The van der Waals surface area contributed by atoms with Crippen LogP contribution < -0.4 is 0 Å². The first-order valence-corrected chi connectivity index (χ1v) is 7.89. The van der Waals surface area contributed by atoms with Crippen molar-refractivity contribution in [3.63, 3.8) is 0 Å². The van der Waals surface area contributed by atoms with E-state index in [1.807, 2.05) is 0 Å². The zero-order valence-electron chi connectivity index (χ0n) is 11.4. The molecule has 2 heteroatoms.